The maximum Gasteiger partial charge on any atom is 0.394 e. The average molecular weight is 320 g/mol. The predicted molar refractivity (Wildman–Crippen MR) is 86.7 cm³/mol. The molecule has 1 aromatic carbocycles. The van der Waals surface area contributed by atoms with E-state index in [2.05, 4.69) is 4.98 Å². The standard InChI is InChI=1S/C16H20N2O3S/c1-10(16(2,3)4)18(14(19)15(20)21)8-11-5-6-13-12(7-11)17-9-22-13/h5-7,9-10H,8H2,1-4H3,(H,20,21)/t10-/m1/s1. The number of carbonyl (C=O) groups is 2. The first-order chi connectivity index (χ1) is 10.2. The van der Waals surface area contributed by atoms with E-state index in [1.54, 1.807) is 16.8 Å². The number of hydrogen-bond donors (Lipinski definition) is 1. The Balaban J connectivity index is 2.32. The summed E-state index contributed by atoms with van der Waals surface area (Å²) >= 11 is 1.55. The molecule has 5 nitrogen and oxygen atoms in total. The quantitative estimate of drug-likeness (QED) is 0.882. The van der Waals surface area contributed by atoms with Gasteiger partial charge < -0.3 is 10.0 Å². The Morgan fingerprint density at radius 3 is 2.64 bits per heavy atom. The van der Waals surface area contributed by atoms with Gasteiger partial charge in [0.2, 0.25) is 0 Å². The first-order valence-electron chi connectivity index (χ1n) is 7.06. The second-order valence-corrected chi connectivity index (χ2v) is 7.32. The molecule has 118 valence electrons. The van der Waals surface area contributed by atoms with Crippen molar-refractivity contribution in [2.45, 2.75) is 40.3 Å². The SMILES string of the molecule is C[C@@H](N(Cc1ccc2scnc2c1)C(=O)C(=O)O)C(C)(C)C. The number of carboxylic acids is 1. The van der Waals surface area contributed by atoms with Crippen molar-refractivity contribution in [3.63, 3.8) is 0 Å². The van der Waals surface area contributed by atoms with Gasteiger partial charge in [-0.3, -0.25) is 4.79 Å². The molecular formula is C16H20N2O3S. The number of carboxylic acid groups (broad SMARTS) is 1. The Kier molecular flexibility index (Phi) is 4.51. The number of hydrogen-bond acceptors (Lipinski definition) is 4. The van der Waals surface area contributed by atoms with Crippen LogP contribution in [0, 0.1) is 5.41 Å². The van der Waals surface area contributed by atoms with Crippen LogP contribution in [-0.4, -0.2) is 32.9 Å². The Hall–Kier alpha value is -1.95. The second-order valence-electron chi connectivity index (χ2n) is 6.43. The van der Waals surface area contributed by atoms with Gasteiger partial charge in [0.15, 0.2) is 0 Å². The minimum Gasteiger partial charge on any atom is -0.474 e. The number of amides is 1. The van der Waals surface area contributed by atoms with Crippen molar-refractivity contribution in [1.29, 1.82) is 0 Å². The van der Waals surface area contributed by atoms with E-state index in [4.69, 9.17) is 5.11 Å². The zero-order chi connectivity index (χ0) is 16.5. The zero-order valence-electron chi connectivity index (χ0n) is 13.2. The van der Waals surface area contributed by atoms with Gasteiger partial charge in [0.1, 0.15) is 0 Å². The van der Waals surface area contributed by atoms with E-state index < -0.39 is 11.9 Å². The van der Waals surface area contributed by atoms with Gasteiger partial charge in [0.05, 0.1) is 15.7 Å². The maximum absolute atomic E-state index is 12.1. The topological polar surface area (TPSA) is 70.5 Å². The number of rotatable bonds is 3. The van der Waals surface area contributed by atoms with Crippen LogP contribution in [0.5, 0.6) is 0 Å². The molecular weight excluding hydrogens is 300 g/mol. The number of aromatic nitrogens is 1. The van der Waals surface area contributed by atoms with Crippen LogP contribution in [0.1, 0.15) is 33.3 Å². The third-order valence-corrected chi connectivity index (χ3v) is 4.72. The highest BCUT2D eigenvalue weighted by Crippen LogP contribution is 2.27. The second kappa shape index (κ2) is 6.04. The summed E-state index contributed by atoms with van der Waals surface area (Å²) in [6.45, 7) is 8.11. The number of nitrogens with zero attached hydrogens (tertiary/aromatic N) is 2. The molecule has 0 aliphatic carbocycles. The number of thiazole rings is 1. The van der Waals surface area contributed by atoms with Crippen LogP contribution < -0.4 is 0 Å². The Labute approximate surface area is 133 Å². The molecule has 0 unspecified atom stereocenters. The van der Waals surface area contributed by atoms with Crippen molar-refractivity contribution in [2.24, 2.45) is 5.41 Å². The molecule has 0 spiro atoms. The van der Waals surface area contributed by atoms with Crippen molar-refractivity contribution in [2.75, 3.05) is 0 Å². The molecule has 1 aromatic heterocycles. The highest BCUT2D eigenvalue weighted by atomic mass is 32.1. The van der Waals surface area contributed by atoms with Gasteiger partial charge in [-0.1, -0.05) is 26.8 Å². The molecule has 2 aromatic rings. The molecule has 0 bridgehead atoms. The minimum atomic E-state index is -1.43. The molecule has 1 heterocycles. The van der Waals surface area contributed by atoms with Crippen LogP contribution in [0.4, 0.5) is 0 Å². The smallest absolute Gasteiger partial charge is 0.394 e. The Morgan fingerprint density at radius 1 is 1.36 bits per heavy atom. The van der Waals surface area contributed by atoms with Crippen LogP contribution in [0.25, 0.3) is 10.2 Å². The van der Waals surface area contributed by atoms with E-state index >= 15 is 0 Å². The van der Waals surface area contributed by atoms with Crippen molar-refractivity contribution in [1.82, 2.24) is 9.88 Å². The van der Waals surface area contributed by atoms with Gasteiger partial charge in [0, 0.05) is 12.6 Å². The number of aliphatic carboxylic acids is 1. The summed E-state index contributed by atoms with van der Waals surface area (Å²) in [4.78, 5) is 28.9. The van der Waals surface area contributed by atoms with Crippen LogP contribution in [0.3, 0.4) is 0 Å². The molecule has 0 saturated heterocycles. The summed E-state index contributed by atoms with van der Waals surface area (Å²) in [5.41, 5.74) is 3.31. The lowest BCUT2D eigenvalue weighted by atomic mass is 9.86. The summed E-state index contributed by atoms with van der Waals surface area (Å²) in [5, 5.41) is 9.08. The van der Waals surface area contributed by atoms with Crippen LogP contribution in [0.2, 0.25) is 0 Å². The minimum absolute atomic E-state index is 0.206. The van der Waals surface area contributed by atoms with Gasteiger partial charge >= 0.3 is 11.9 Å². The van der Waals surface area contributed by atoms with Crippen molar-refractivity contribution < 1.29 is 14.7 Å². The van der Waals surface area contributed by atoms with E-state index in [0.717, 1.165) is 15.8 Å². The monoisotopic (exact) mass is 320 g/mol. The number of benzene rings is 1. The van der Waals surface area contributed by atoms with Gasteiger partial charge in [-0.15, -0.1) is 11.3 Å². The fourth-order valence-electron chi connectivity index (χ4n) is 2.17. The predicted octanol–water partition coefficient (Wildman–Crippen LogP) is 3.14. The molecule has 1 N–H and O–H groups in total. The summed E-state index contributed by atoms with van der Waals surface area (Å²) in [6.07, 6.45) is 0. The fraction of sp³-hybridized carbons (Fsp3) is 0.438. The van der Waals surface area contributed by atoms with E-state index in [9.17, 15) is 9.59 Å². The van der Waals surface area contributed by atoms with Crippen LogP contribution in [-0.2, 0) is 16.1 Å². The first kappa shape index (κ1) is 16.4. The molecule has 1 atom stereocenters. The summed E-state index contributed by atoms with van der Waals surface area (Å²) in [5.74, 6) is -2.30. The van der Waals surface area contributed by atoms with Gasteiger partial charge in [-0.25, -0.2) is 9.78 Å². The van der Waals surface area contributed by atoms with Gasteiger partial charge in [0.25, 0.3) is 0 Å². The highest BCUT2D eigenvalue weighted by molar-refractivity contribution is 7.16. The lowest BCUT2D eigenvalue weighted by Crippen LogP contribution is -2.47. The van der Waals surface area contributed by atoms with Crippen molar-refractivity contribution in [3.8, 4) is 0 Å². The molecule has 6 heteroatoms. The van der Waals surface area contributed by atoms with E-state index in [-0.39, 0.29) is 18.0 Å². The average Bonchev–Trinajstić information content (AvgIpc) is 2.89. The normalized spacial score (nSPS) is 13.1. The molecule has 22 heavy (non-hydrogen) atoms. The van der Waals surface area contributed by atoms with Crippen LogP contribution >= 0.6 is 11.3 Å². The van der Waals surface area contributed by atoms with E-state index in [1.807, 2.05) is 45.9 Å². The third kappa shape index (κ3) is 3.44. The molecule has 0 aliphatic heterocycles. The highest BCUT2D eigenvalue weighted by Gasteiger charge is 2.32. The lowest BCUT2D eigenvalue weighted by molar-refractivity contribution is -0.158. The van der Waals surface area contributed by atoms with Gasteiger partial charge in [-0.2, -0.15) is 0 Å². The van der Waals surface area contributed by atoms with E-state index in [0.29, 0.717) is 0 Å². The summed E-state index contributed by atoms with van der Waals surface area (Å²) in [7, 11) is 0. The van der Waals surface area contributed by atoms with Crippen molar-refractivity contribution >= 4 is 33.4 Å². The van der Waals surface area contributed by atoms with Gasteiger partial charge in [-0.05, 0) is 30.0 Å². The lowest BCUT2D eigenvalue weighted by Gasteiger charge is -2.37. The third-order valence-electron chi connectivity index (χ3n) is 3.91. The zero-order valence-corrected chi connectivity index (χ0v) is 14.0. The van der Waals surface area contributed by atoms with E-state index in [1.165, 1.54) is 4.90 Å². The number of fused-ring (bicyclic) bond motifs is 1. The number of carbonyl (C=O) groups excluding carboxylic acids is 1. The van der Waals surface area contributed by atoms with Crippen LogP contribution in [0.15, 0.2) is 23.7 Å². The summed E-state index contributed by atoms with van der Waals surface area (Å²) < 4.78 is 1.07. The fourth-order valence-corrected chi connectivity index (χ4v) is 2.83. The maximum atomic E-state index is 12.1. The Morgan fingerprint density at radius 2 is 2.05 bits per heavy atom. The van der Waals surface area contributed by atoms with Crippen molar-refractivity contribution in [3.05, 3.63) is 29.3 Å². The first-order valence-corrected chi connectivity index (χ1v) is 7.94. The molecule has 0 fully saturated rings. The molecule has 0 saturated carbocycles. The Bertz CT molecular complexity index is 703. The molecule has 0 aliphatic rings. The largest absolute Gasteiger partial charge is 0.474 e. The summed E-state index contributed by atoms with van der Waals surface area (Å²) in [6, 6.07) is 5.57. The molecule has 0 radical (unpaired) electrons. The molecule has 1 amide bonds. The molecule has 2 rings (SSSR count).